The van der Waals surface area contributed by atoms with Crippen LogP contribution in [0.1, 0.15) is 63.1 Å². The third-order valence-electron chi connectivity index (χ3n) is 5.61. The topological polar surface area (TPSA) is 61.8 Å². The quantitative estimate of drug-likeness (QED) is 0.372. The smallest absolute Gasteiger partial charge is 0.434 e. The van der Waals surface area contributed by atoms with E-state index >= 15 is 0 Å². The zero-order valence-electron chi connectivity index (χ0n) is 17.9. The second kappa shape index (κ2) is 9.37. The molecule has 1 aromatic rings. The molecule has 5 heteroatoms. The summed E-state index contributed by atoms with van der Waals surface area (Å²) in [5.41, 5.74) is 2.84. The number of ether oxygens (including phenoxy) is 3. The summed E-state index contributed by atoms with van der Waals surface area (Å²) < 4.78 is 16.3. The number of hydrogen-bond acceptors (Lipinski definition) is 5. The van der Waals surface area contributed by atoms with E-state index in [-0.39, 0.29) is 18.5 Å². The molecular formula is C23H32O5. The van der Waals surface area contributed by atoms with Gasteiger partial charge in [0.25, 0.3) is 0 Å². The van der Waals surface area contributed by atoms with Gasteiger partial charge in [-0.3, -0.25) is 4.79 Å². The summed E-state index contributed by atoms with van der Waals surface area (Å²) in [6.07, 6.45) is 2.65. The van der Waals surface area contributed by atoms with E-state index in [4.69, 9.17) is 14.2 Å². The highest BCUT2D eigenvalue weighted by Crippen LogP contribution is 2.46. The number of allylic oxidation sites excluding steroid dienone is 2. The van der Waals surface area contributed by atoms with Gasteiger partial charge in [-0.05, 0) is 64.5 Å². The predicted molar refractivity (Wildman–Crippen MR) is 109 cm³/mol. The highest BCUT2D eigenvalue weighted by molar-refractivity contribution is 6.21. The Kier molecular flexibility index (Phi) is 7.41. The van der Waals surface area contributed by atoms with Gasteiger partial charge in [-0.1, -0.05) is 30.7 Å². The van der Waals surface area contributed by atoms with E-state index < -0.39 is 11.6 Å². The van der Waals surface area contributed by atoms with E-state index in [0.717, 1.165) is 42.4 Å². The molecule has 0 saturated heterocycles. The molecule has 0 spiro atoms. The second-order valence-corrected chi connectivity index (χ2v) is 7.86. The molecule has 1 aliphatic carbocycles. The average Bonchev–Trinajstić information content (AvgIpc) is 2.64. The summed E-state index contributed by atoms with van der Waals surface area (Å²) in [7, 11) is 1.72. The molecule has 28 heavy (non-hydrogen) atoms. The van der Waals surface area contributed by atoms with Crippen LogP contribution in [0.15, 0.2) is 24.0 Å². The molecule has 1 saturated carbocycles. The maximum Gasteiger partial charge on any atom is 0.513 e. The molecule has 0 amide bonds. The largest absolute Gasteiger partial charge is 0.513 e. The molecular weight excluding hydrogens is 356 g/mol. The van der Waals surface area contributed by atoms with Crippen LogP contribution >= 0.6 is 0 Å². The average molecular weight is 389 g/mol. The Hall–Kier alpha value is -2.14. The van der Waals surface area contributed by atoms with Crippen molar-refractivity contribution in [1.82, 2.24) is 0 Å². The van der Waals surface area contributed by atoms with Crippen molar-refractivity contribution in [2.75, 3.05) is 13.7 Å². The third kappa shape index (κ3) is 5.02. The fourth-order valence-electron chi connectivity index (χ4n) is 3.87. The molecule has 5 nitrogen and oxygen atoms in total. The Labute approximate surface area is 168 Å². The van der Waals surface area contributed by atoms with Gasteiger partial charge in [-0.25, -0.2) is 4.79 Å². The minimum atomic E-state index is -0.767. The third-order valence-corrected chi connectivity index (χ3v) is 5.61. The van der Waals surface area contributed by atoms with Crippen molar-refractivity contribution in [2.45, 2.75) is 66.4 Å². The van der Waals surface area contributed by atoms with Gasteiger partial charge in [0.15, 0.2) is 5.78 Å². The number of aryl methyl sites for hydroxylation is 2. The Morgan fingerprint density at radius 3 is 2.36 bits per heavy atom. The van der Waals surface area contributed by atoms with Gasteiger partial charge in [-0.2, -0.15) is 0 Å². The Bertz CT molecular complexity index is 754. The van der Waals surface area contributed by atoms with Crippen LogP contribution in [-0.4, -0.2) is 31.8 Å². The van der Waals surface area contributed by atoms with Crippen LogP contribution in [0.25, 0.3) is 5.57 Å². The SMILES string of the molecule is CCOC(=O)O/C(=C(/C(C)=O)c1cc(C)ccc1C)C1(C)CCC(OC)CC1. The second-order valence-electron chi connectivity index (χ2n) is 7.86. The van der Waals surface area contributed by atoms with E-state index in [1.807, 2.05) is 32.0 Å². The minimum Gasteiger partial charge on any atom is -0.434 e. The van der Waals surface area contributed by atoms with Gasteiger partial charge in [0, 0.05) is 12.5 Å². The fourth-order valence-corrected chi connectivity index (χ4v) is 3.87. The first-order valence-electron chi connectivity index (χ1n) is 9.92. The molecule has 1 aromatic carbocycles. The van der Waals surface area contributed by atoms with Gasteiger partial charge in [0.05, 0.1) is 18.3 Å². The van der Waals surface area contributed by atoms with E-state index in [9.17, 15) is 9.59 Å². The summed E-state index contributed by atoms with van der Waals surface area (Å²) in [6, 6.07) is 5.97. The number of Topliss-reactive ketones (excluding diaryl/α,β-unsaturated/α-hetero) is 1. The minimum absolute atomic E-state index is 0.122. The maximum atomic E-state index is 12.8. The number of rotatable bonds is 6. The molecule has 0 heterocycles. The number of carbonyl (C=O) groups is 2. The Balaban J connectivity index is 2.63. The van der Waals surface area contributed by atoms with Crippen LogP contribution in [0.3, 0.4) is 0 Å². The summed E-state index contributed by atoms with van der Waals surface area (Å²) >= 11 is 0. The molecule has 0 unspecified atom stereocenters. The van der Waals surface area contributed by atoms with Gasteiger partial charge in [0.2, 0.25) is 0 Å². The van der Waals surface area contributed by atoms with E-state index in [0.29, 0.717) is 11.3 Å². The van der Waals surface area contributed by atoms with Crippen molar-refractivity contribution in [1.29, 1.82) is 0 Å². The molecule has 1 fully saturated rings. The molecule has 154 valence electrons. The van der Waals surface area contributed by atoms with E-state index in [1.165, 1.54) is 6.92 Å². The summed E-state index contributed by atoms with van der Waals surface area (Å²) in [6.45, 7) is 9.47. The fraction of sp³-hybridized carbons (Fsp3) is 0.565. The van der Waals surface area contributed by atoms with Crippen molar-refractivity contribution in [3.05, 3.63) is 40.6 Å². The van der Waals surface area contributed by atoms with Crippen LogP contribution < -0.4 is 0 Å². The predicted octanol–water partition coefficient (Wildman–Crippen LogP) is 5.37. The lowest BCUT2D eigenvalue weighted by molar-refractivity contribution is -0.112. The molecule has 0 aromatic heterocycles. The first kappa shape index (κ1) is 22.2. The van der Waals surface area contributed by atoms with Crippen LogP contribution in [0.2, 0.25) is 0 Å². The number of hydrogen-bond donors (Lipinski definition) is 0. The molecule has 0 N–H and O–H groups in total. The Morgan fingerprint density at radius 1 is 1.18 bits per heavy atom. The number of benzene rings is 1. The summed E-state index contributed by atoms with van der Waals surface area (Å²) in [5, 5.41) is 0. The maximum absolute atomic E-state index is 12.8. The summed E-state index contributed by atoms with van der Waals surface area (Å²) in [5.74, 6) is 0.296. The molecule has 2 rings (SSSR count). The first-order chi connectivity index (χ1) is 13.2. The number of methoxy groups -OCH3 is 1. The van der Waals surface area contributed by atoms with Crippen LogP contribution in [0.5, 0.6) is 0 Å². The lowest BCUT2D eigenvalue weighted by Crippen LogP contribution is -2.33. The van der Waals surface area contributed by atoms with Crippen molar-refractivity contribution < 1.29 is 23.8 Å². The standard InChI is InChI=1S/C23H32O5/c1-7-27-22(25)28-21(23(5)12-10-18(26-6)11-13-23)20(17(4)24)19-14-15(2)8-9-16(19)3/h8-9,14,18H,7,10-13H2,1-6H3/b21-20-. The monoisotopic (exact) mass is 388 g/mol. The molecule has 0 bridgehead atoms. The normalized spacial score (nSPS) is 23.0. The lowest BCUT2D eigenvalue weighted by atomic mass is 9.71. The number of carbonyl (C=O) groups excluding carboxylic acids is 2. The van der Waals surface area contributed by atoms with Gasteiger partial charge < -0.3 is 14.2 Å². The highest BCUT2D eigenvalue weighted by atomic mass is 16.7. The lowest BCUT2D eigenvalue weighted by Gasteiger charge is -2.38. The molecule has 0 aliphatic heterocycles. The van der Waals surface area contributed by atoms with E-state index in [1.54, 1.807) is 14.0 Å². The Morgan fingerprint density at radius 2 is 1.82 bits per heavy atom. The van der Waals surface area contributed by atoms with Crippen molar-refractivity contribution in [3.8, 4) is 0 Å². The van der Waals surface area contributed by atoms with Crippen LogP contribution in [-0.2, 0) is 19.0 Å². The number of ketones is 1. The molecule has 1 aliphatic rings. The zero-order valence-corrected chi connectivity index (χ0v) is 17.9. The van der Waals surface area contributed by atoms with Crippen molar-refractivity contribution in [2.24, 2.45) is 5.41 Å². The van der Waals surface area contributed by atoms with Gasteiger partial charge in [0.1, 0.15) is 5.76 Å². The zero-order chi connectivity index (χ0) is 20.9. The first-order valence-corrected chi connectivity index (χ1v) is 9.92. The van der Waals surface area contributed by atoms with Crippen molar-refractivity contribution in [3.63, 3.8) is 0 Å². The highest BCUT2D eigenvalue weighted by Gasteiger charge is 2.40. The molecule has 0 radical (unpaired) electrons. The summed E-state index contributed by atoms with van der Waals surface area (Å²) in [4.78, 5) is 25.0. The molecule has 0 atom stereocenters. The van der Waals surface area contributed by atoms with Crippen molar-refractivity contribution >= 4 is 17.5 Å². The van der Waals surface area contributed by atoms with Crippen LogP contribution in [0.4, 0.5) is 4.79 Å². The van der Waals surface area contributed by atoms with Gasteiger partial charge in [-0.15, -0.1) is 0 Å². The van der Waals surface area contributed by atoms with E-state index in [2.05, 4.69) is 6.92 Å². The van der Waals surface area contributed by atoms with Crippen LogP contribution in [0, 0.1) is 19.3 Å². The van der Waals surface area contributed by atoms with Gasteiger partial charge >= 0.3 is 6.16 Å².